The molecule has 31 heavy (non-hydrogen) atoms. The smallest absolute Gasteiger partial charge is 0.330 e. The molecule has 11 heteroatoms. The quantitative estimate of drug-likeness (QED) is 0.600. The third-order valence-corrected chi connectivity index (χ3v) is 6.14. The Kier molecular flexibility index (Phi) is 6.61. The number of amides is 2. The predicted molar refractivity (Wildman–Crippen MR) is 107 cm³/mol. The van der Waals surface area contributed by atoms with Crippen LogP contribution in [0.5, 0.6) is 0 Å². The lowest BCUT2D eigenvalue weighted by molar-refractivity contribution is -0.200. The van der Waals surface area contributed by atoms with E-state index >= 15 is 0 Å². The Morgan fingerprint density at radius 1 is 1.19 bits per heavy atom. The summed E-state index contributed by atoms with van der Waals surface area (Å²) in [5.41, 5.74) is -6.80. The van der Waals surface area contributed by atoms with Gasteiger partial charge in [0.15, 0.2) is 0 Å². The molecule has 3 rings (SSSR count). The van der Waals surface area contributed by atoms with E-state index in [1.165, 1.54) is 0 Å². The van der Waals surface area contributed by atoms with Crippen molar-refractivity contribution >= 4 is 17.6 Å². The second kappa shape index (κ2) is 8.88. The minimum Gasteiger partial charge on any atom is -0.330 e. The molecule has 1 aliphatic carbocycles. The Balaban J connectivity index is 1.97. The number of H-pyrrole nitrogens is 1. The van der Waals surface area contributed by atoms with Gasteiger partial charge in [0.25, 0.3) is 11.5 Å². The first-order chi connectivity index (χ1) is 14.6. The monoisotopic (exact) mass is 444 g/mol. The molecule has 0 bridgehead atoms. The Morgan fingerprint density at radius 3 is 2.48 bits per heavy atom. The number of rotatable bonds is 7. The fraction of sp³-hybridized carbons (Fsp3) is 0.700. The number of anilines is 1. The largest absolute Gasteiger partial charge is 0.425 e. The Morgan fingerprint density at radius 2 is 1.87 bits per heavy atom. The van der Waals surface area contributed by atoms with Gasteiger partial charge in [0.1, 0.15) is 11.4 Å². The first kappa shape index (κ1) is 23.1. The Bertz CT molecular complexity index is 963. The van der Waals surface area contributed by atoms with Gasteiger partial charge < -0.3 is 10.6 Å². The fourth-order valence-electron chi connectivity index (χ4n) is 4.44. The highest BCUT2D eigenvalue weighted by Gasteiger charge is 2.68. The van der Waals surface area contributed by atoms with Crippen molar-refractivity contribution in [2.45, 2.75) is 83.0 Å². The lowest BCUT2D eigenvalue weighted by Crippen LogP contribution is -2.62. The summed E-state index contributed by atoms with van der Waals surface area (Å²) in [7, 11) is 0. The van der Waals surface area contributed by atoms with Crippen LogP contribution in [0.2, 0.25) is 0 Å². The molecule has 1 fully saturated rings. The molecular formula is C20H27F3N4O4. The average Bonchev–Trinajstić information content (AvgIpc) is 3.00. The number of hydrogen-bond acceptors (Lipinski definition) is 4. The summed E-state index contributed by atoms with van der Waals surface area (Å²) >= 11 is 0. The zero-order valence-corrected chi connectivity index (χ0v) is 17.4. The maximum Gasteiger partial charge on any atom is 0.425 e. The molecule has 1 aliphatic heterocycles. The van der Waals surface area contributed by atoms with Gasteiger partial charge in [-0.05, 0) is 18.8 Å². The number of carbonyl (C=O) groups excluding carboxylic acids is 2. The van der Waals surface area contributed by atoms with Gasteiger partial charge in [-0.3, -0.25) is 23.9 Å². The van der Waals surface area contributed by atoms with Crippen LogP contribution in [0.1, 0.15) is 70.3 Å². The highest BCUT2D eigenvalue weighted by molar-refractivity contribution is 6.07. The lowest BCUT2D eigenvalue weighted by Gasteiger charge is -2.30. The van der Waals surface area contributed by atoms with Gasteiger partial charge in [0, 0.05) is 13.0 Å². The zero-order valence-electron chi connectivity index (χ0n) is 17.4. The summed E-state index contributed by atoms with van der Waals surface area (Å²) in [6.45, 7) is 1.83. The summed E-state index contributed by atoms with van der Waals surface area (Å²) in [6.07, 6.45) is 1.03. The molecule has 0 saturated heterocycles. The summed E-state index contributed by atoms with van der Waals surface area (Å²) < 4.78 is 43.6. The van der Waals surface area contributed by atoms with E-state index in [0.29, 0.717) is 19.3 Å². The van der Waals surface area contributed by atoms with Crippen molar-refractivity contribution in [1.29, 1.82) is 0 Å². The fourth-order valence-corrected chi connectivity index (χ4v) is 4.44. The topological polar surface area (TPSA) is 113 Å². The Hall–Kier alpha value is -2.59. The standard InChI is InChI=1S/C20H27F3N4O4/c1-2-3-11-27-15-14(16(29)25-18(27)31)19(17(30)24-15,20(21,22)23)26-13(28)10-9-12-7-5-4-6-8-12/h12H,2-11H2,1H3,(H,24,30)(H,26,28)(H,25,29,31). The molecule has 3 N–H and O–H groups in total. The van der Waals surface area contributed by atoms with Crippen molar-refractivity contribution < 1.29 is 22.8 Å². The normalized spacial score (nSPS) is 21.6. The molecule has 1 atom stereocenters. The van der Waals surface area contributed by atoms with E-state index in [-0.39, 0.29) is 18.9 Å². The van der Waals surface area contributed by atoms with Crippen molar-refractivity contribution in [1.82, 2.24) is 14.9 Å². The summed E-state index contributed by atoms with van der Waals surface area (Å²) in [5, 5.41) is 3.84. The van der Waals surface area contributed by atoms with E-state index in [1.807, 2.05) is 22.5 Å². The maximum absolute atomic E-state index is 14.2. The van der Waals surface area contributed by atoms with Gasteiger partial charge in [0.05, 0.1) is 0 Å². The van der Waals surface area contributed by atoms with Gasteiger partial charge in [-0.2, -0.15) is 13.2 Å². The number of unbranched alkanes of at least 4 members (excludes halogenated alkanes) is 1. The van der Waals surface area contributed by atoms with Gasteiger partial charge in [-0.25, -0.2) is 4.79 Å². The number of aromatic nitrogens is 2. The molecule has 1 aromatic heterocycles. The minimum atomic E-state index is -5.29. The van der Waals surface area contributed by atoms with Crippen molar-refractivity contribution in [3.05, 3.63) is 26.4 Å². The number of hydrogen-bond donors (Lipinski definition) is 3. The number of aromatic amines is 1. The van der Waals surface area contributed by atoms with Gasteiger partial charge in [-0.1, -0.05) is 45.4 Å². The first-order valence-corrected chi connectivity index (χ1v) is 10.7. The molecule has 1 unspecified atom stereocenters. The average molecular weight is 444 g/mol. The van der Waals surface area contributed by atoms with E-state index in [4.69, 9.17) is 0 Å². The van der Waals surface area contributed by atoms with Crippen LogP contribution in [-0.2, 0) is 21.7 Å². The molecular weight excluding hydrogens is 417 g/mol. The lowest BCUT2D eigenvalue weighted by atomic mass is 9.85. The van der Waals surface area contributed by atoms with Crippen molar-refractivity contribution in [2.24, 2.45) is 5.92 Å². The van der Waals surface area contributed by atoms with Crippen LogP contribution in [0, 0.1) is 5.92 Å². The number of alkyl halides is 3. The van der Waals surface area contributed by atoms with Crippen LogP contribution in [0.4, 0.5) is 19.0 Å². The molecule has 0 aromatic carbocycles. The molecule has 2 amide bonds. The molecule has 0 radical (unpaired) electrons. The minimum absolute atomic E-state index is 0.0122. The van der Waals surface area contributed by atoms with Crippen molar-refractivity contribution in [3.8, 4) is 0 Å². The van der Waals surface area contributed by atoms with Crippen molar-refractivity contribution in [3.63, 3.8) is 0 Å². The second-order valence-electron chi connectivity index (χ2n) is 8.28. The van der Waals surface area contributed by atoms with Crippen molar-refractivity contribution in [2.75, 3.05) is 5.32 Å². The van der Waals surface area contributed by atoms with Gasteiger partial charge >= 0.3 is 11.9 Å². The van der Waals surface area contributed by atoms with E-state index in [0.717, 1.165) is 36.7 Å². The van der Waals surface area contributed by atoms with Gasteiger partial charge in [-0.15, -0.1) is 0 Å². The predicted octanol–water partition coefficient (Wildman–Crippen LogP) is 2.52. The number of nitrogens with one attached hydrogen (secondary N) is 3. The summed E-state index contributed by atoms with van der Waals surface area (Å²) in [5.74, 6) is -2.82. The van der Waals surface area contributed by atoms with Crippen LogP contribution in [0.25, 0.3) is 0 Å². The highest BCUT2D eigenvalue weighted by Crippen LogP contribution is 2.45. The van der Waals surface area contributed by atoms with Gasteiger partial charge in [0.2, 0.25) is 11.4 Å². The number of halogens is 3. The van der Waals surface area contributed by atoms with Crippen LogP contribution in [0.15, 0.2) is 9.59 Å². The van der Waals surface area contributed by atoms with Crippen LogP contribution >= 0.6 is 0 Å². The second-order valence-corrected chi connectivity index (χ2v) is 8.28. The maximum atomic E-state index is 14.2. The van der Waals surface area contributed by atoms with E-state index in [9.17, 15) is 32.3 Å². The Labute approximate surface area is 176 Å². The molecule has 172 valence electrons. The van der Waals surface area contributed by atoms with Crippen LogP contribution in [0.3, 0.4) is 0 Å². The summed E-state index contributed by atoms with van der Waals surface area (Å²) in [4.78, 5) is 51.6. The van der Waals surface area contributed by atoms with E-state index in [2.05, 4.69) is 0 Å². The number of carbonyl (C=O) groups is 2. The van der Waals surface area contributed by atoms with Crippen LogP contribution in [-0.4, -0.2) is 27.5 Å². The van der Waals surface area contributed by atoms with Crippen LogP contribution < -0.4 is 21.9 Å². The number of fused-ring (bicyclic) bond motifs is 1. The molecule has 1 aromatic rings. The summed E-state index contributed by atoms with van der Waals surface area (Å²) in [6, 6.07) is 0. The SMILES string of the molecule is CCCCn1c2c(c(=O)[nH]c1=O)C(NC(=O)CCC1CCCCC1)(C(F)(F)F)C(=O)N2. The third kappa shape index (κ3) is 4.27. The van der Waals surface area contributed by atoms with E-state index in [1.54, 1.807) is 0 Å². The zero-order chi connectivity index (χ0) is 22.8. The molecule has 0 spiro atoms. The molecule has 8 nitrogen and oxygen atoms in total. The third-order valence-electron chi connectivity index (χ3n) is 6.14. The first-order valence-electron chi connectivity index (χ1n) is 10.7. The molecule has 2 aliphatic rings. The molecule has 2 heterocycles. The highest BCUT2D eigenvalue weighted by atomic mass is 19.4. The number of nitrogens with zero attached hydrogens (tertiary/aromatic N) is 1. The molecule has 1 saturated carbocycles. The van der Waals surface area contributed by atoms with E-state index < -0.39 is 46.2 Å².